The molecule has 1 fully saturated rings. The van der Waals surface area contributed by atoms with Gasteiger partial charge in [-0.2, -0.15) is 0 Å². The summed E-state index contributed by atoms with van der Waals surface area (Å²) >= 11 is 12.1. The van der Waals surface area contributed by atoms with Crippen LogP contribution in [0.5, 0.6) is 0 Å². The Bertz CT molecular complexity index is 495. The Hall–Kier alpha value is -0.880. The van der Waals surface area contributed by atoms with Gasteiger partial charge in [0.15, 0.2) is 0 Å². The van der Waals surface area contributed by atoms with E-state index in [2.05, 4.69) is 15.2 Å². The van der Waals surface area contributed by atoms with Crippen LogP contribution in [0.15, 0.2) is 12.1 Å². The molecule has 2 rings (SSSR count). The van der Waals surface area contributed by atoms with Crippen LogP contribution in [0.25, 0.3) is 0 Å². The van der Waals surface area contributed by atoms with E-state index in [4.69, 9.17) is 23.2 Å². The molecule has 1 atom stereocenters. The molecule has 1 saturated heterocycles. The zero-order valence-electron chi connectivity index (χ0n) is 11.6. The van der Waals surface area contributed by atoms with Crippen LogP contribution in [0.4, 0.5) is 0 Å². The largest absolute Gasteiger partial charge is 0.347 e. The van der Waals surface area contributed by atoms with E-state index >= 15 is 0 Å². The first kappa shape index (κ1) is 15.5. The van der Waals surface area contributed by atoms with Crippen LogP contribution in [-0.4, -0.2) is 60.5 Å². The molecule has 1 N–H and O–H groups in total. The summed E-state index contributed by atoms with van der Waals surface area (Å²) in [5, 5.41) is 4.23. The Labute approximate surface area is 128 Å². The first-order valence-electron chi connectivity index (χ1n) is 6.46. The predicted octanol–water partition coefficient (Wildman–Crippen LogP) is 1.25. The van der Waals surface area contributed by atoms with Gasteiger partial charge in [0.1, 0.15) is 11.2 Å². The molecule has 110 valence electrons. The average Bonchev–Trinajstić information content (AvgIpc) is 2.42. The maximum Gasteiger partial charge on any atom is 0.240 e. The number of halogens is 2. The number of carbonyl (C=O) groups excluding carboxylic acids is 1. The van der Waals surface area contributed by atoms with Gasteiger partial charge in [-0.25, -0.2) is 4.98 Å². The minimum Gasteiger partial charge on any atom is -0.347 e. The molecule has 1 aliphatic heterocycles. The zero-order chi connectivity index (χ0) is 14.7. The highest BCUT2D eigenvalue weighted by atomic mass is 35.5. The summed E-state index contributed by atoms with van der Waals surface area (Å²) in [6, 6.07) is 3.20. The molecule has 1 aromatic heterocycles. The summed E-state index contributed by atoms with van der Waals surface area (Å²) in [5.74, 6) is 0.0790. The third kappa shape index (κ3) is 3.61. The van der Waals surface area contributed by atoms with E-state index in [9.17, 15) is 4.79 Å². The summed E-state index contributed by atoms with van der Waals surface area (Å²) in [4.78, 5) is 20.2. The van der Waals surface area contributed by atoms with E-state index in [-0.39, 0.29) is 11.9 Å². The van der Waals surface area contributed by atoms with Crippen molar-refractivity contribution < 1.29 is 4.79 Å². The second-order valence-corrected chi connectivity index (χ2v) is 5.78. The van der Waals surface area contributed by atoms with Crippen molar-refractivity contribution in [3.63, 3.8) is 0 Å². The van der Waals surface area contributed by atoms with E-state index in [0.29, 0.717) is 29.0 Å². The van der Waals surface area contributed by atoms with Gasteiger partial charge in [0.2, 0.25) is 5.91 Å². The molecule has 2 heterocycles. The lowest BCUT2D eigenvalue weighted by Gasteiger charge is -2.36. The lowest BCUT2D eigenvalue weighted by molar-refractivity contribution is -0.135. The van der Waals surface area contributed by atoms with Gasteiger partial charge in [0.25, 0.3) is 0 Å². The number of piperazine rings is 1. The van der Waals surface area contributed by atoms with Crippen LogP contribution < -0.4 is 5.32 Å². The summed E-state index contributed by atoms with van der Waals surface area (Å²) in [6.45, 7) is 2.77. The van der Waals surface area contributed by atoms with Gasteiger partial charge in [-0.05, 0) is 12.1 Å². The monoisotopic (exact) mass is 316 g/mol. The molecule has 1 unspecified atom stereocenters. The summed E-state index contributed by atoms with van der Waals surface area (Å²) in [6.07, 6.45) is 0. The number of hydrogen-bond donors (Lipinski definition) is 1. The van der Waals surface area contributed by atoms with E-state index < -0.39 is 0 Å². The Balaban J connectivity index is 2.16. The van der Waals surface area contributed by atoms with Gasteiger partial charge in [-0.1, -0.05) is 23.2 Å². The molecule has 1 aromatic rings. The fourth-order valence-corrected chi connectivity index (χ4v) is 2.57. The Morgan fingerprint density at radius 3 is 2.95 bits per heavy atom. The standard InChI is InChI=1S/C13H18Cl2N4O/c1-18(2)13(20)11-7-16-5-6-19(11)8-10-9(14)3-4-12(15)17-10/h3-4,11,16H,5-8H2,1-2H3. The van der Waals surface area contributed by atoms with Crippen LogP contribution in [-0.2, 0) is 11.3 Å². The van der Waals surface area contributed by atoms with Crippen molar-refractivity contribution in [2.24, 2.45) is 0 Å². The molecular formula is C13H18Cl2N4O. The molecule has 1 amide bonds. The van der Waals surface area contributed by atoms with Gasteiger partial charge in [-0.3, -0.25) is 9.69 Å². The Morgan fingerprint density at radius 1 is 1.50 bits per heavy atom. The highest BCUT2D eigenvalue weighted by Gasteiger charge is 2.30. The van der Waals surface area contributed by atoms with Crippen LogP contribution in [0.1, 0.15) is 5.69 Å². The maximum atomic E-state index is 12.2. The smallest absolute Gasteiger partial charge is 0.240 e. The molecule has 0 bridgehead atoms. The first-order valence-corrected chi connectivity index (χ1v) is 7.21. The van der Waals surface area contributed by atoms with Crippen molar-refractivity contribution >= 4 is 29.1 Å². The van der Waals surface area contributed by atoms with Crippen LogP contribution in [0.3, 0.4) is 0 Å². The topological polar surface area (TPSA) is 48.5 Å². The second-order valence-electron chi connectivity index (χ2n) is 4.99. The van der Waals surface area contributed by atoms with Crippen molar-refractivity contribution in [2.45, 2.75) is 12.6 Å². The highest BCUT2D eigenvalue weighted by Crippen LogP contribution is 2.20. The van der Waals surface area contributed by atoms with Gasteiger partial charge in [-0.15, -0.1) is 0 Å². The van der Waals surface area contributed by atoms with Crippen LogP contribution in [0, 0.1) is 0 Å². The number of nitrogens with one attached hydrogen (secondary N) is 1. The second kappa shape index (κ2) is 6.72. The van der Waals surface area contributed by atoms with Crippen molar-refractivity contribution in [3.8, 4) is 0 Å². The molecule has 0 aromatic carbocycles. The number of aromatic nitrogens is 1. The first-order chi connectivity index (χ1) is 9.49. The Kier molecular flexibility index (Phi) is 5.21. The third-order valence-corrected chi connectivity index (χ3v) is 3.87. The van der Waals surface area contributed by atoms with Crippen molar-refractivity contribution in [3.05, 3.63) is 28.0 Å². The fourth-order valence-electron chi connectivity index (χ4n) is 2.24. The minimum atomic E-state index is -0.199. The highest BCUT2D eigenvalue weighted by molar-refractivity contribution is 6.32. The van der Waals surface area contributed by atoms with Crippen LogP contribution in [0.2, 0.25) is 10.2 Å². The summed E-state index contributed by atoms with van der Waals surface area (Å²) in [5.41, 5.74) is 0.706. The van der Waals surface area contributed by atoms with E-state index in [0.717, 1.165) is 13.1 Å². The molecule has 0 saturated carbocycles. The van der Waals surface area contributed by atoms with Gasteiger partial charge in [0, 0.05) is 40.3 Å². The summed E-state index contributed by atoms with van der Waals surface area (Å²) in [7, 11) is 3.53. The average molecular weight is 317 g/mol. The van der Waals surface area contributed by atoms with Crippen molar-refractivity contribution in [1.29, 1.82) is 0 Å². The number of pyridine rings is 1. The SMILES string of the molecule is CN(C)C(=O)C1CNCCN1Cc1nc(Cl)ccc1Cl. The van der Waals surface area contributed by atoms with Crippen molar-refractivity contribution in [2.75, 3.05) is 33.7 Å². The van der Waals surface area contributed by atoms with Crippen molar-refractivity contribution in [1.82, 2.24) is 20.1 Å². The number of rotatable bonds is 3. The number of nitrogens with zero attached hydrogens (tertiary/aromatic N) is 3. The van der Waals surface area contributed by atoms with Gasteiger partial charge in [0.05, 0.1) is 10.7 Å². The van der Waals surface area contributed by atoms with E-state index in [1.807, 2.05) is 0 Å². The molecule has 20 heavy (non-hydrogen) atoms. The van der Waals surface area contributed by atoms with Gasteiger partial charge < -0.3 is 10.2 Å². The third-order valence-electron chi connectivity index (χ3n) is 3.32. The molecule has 0 radical (unpaired) electrons. The molecule has 0 spiro atoms. The number of carbonyl (C=O) groups is 1. The van der Waals surface area contributed by atoms with Gasteiger partial charge >= 0.3 is 0 Å². The lowest BCUT2D eigenvalue weighted by Crippen LogP contribution is -2.57. The predicted molar refractivity (Wildman–Crippen MR) is 80.0 cm³/mol. The quantitative estimate of drug-likeness (QED) is 0.853. The normalized spacial score (nSPS) is 19.9. The summed E-state index contributed by atoms with van der Waals surface area (Å²) < 4.78 is 0. The fraction of sp³-hybridized carbons (Fsp3) is 0.538. The zero-order valence-corrected chi connectivity index (χ0v) is 13.1. The minimum absolute atomic E-state index is 0.0790. The van der Waals surface area contributed by atoms with E-state index in [1.165, 1.54) is 0 Å². The number of hydrogen-bond acceptors (Lipinski definition) is 4. The van der Waals surface area contributed by atoms with Crippen LogP contribution >= 0.6 is 23.2 Å². The lowest BCUT2D eigenvalue weighted by atomic mass is 10.1. The number of likely N-dealkylation sites (N-methyl/N-ethyl adjacent to an activating group) is 1. The molecule has 7 heteroatoms. The molecule has 0 aliphatic carbocycles. The molecular weight excluding hydrogens is 299 g/mol. The molecule has 1 aliphatic rings. The van der Waals surface area contributed by atoms with E-state index in [1.54, 1.807) is 31.1 Å². The Morgan fingerprint density at radius 2 is 2.25 bits per heavy atom. The number of amides is 1. The maximum absolute atomic E-state index is 12.2. The molecule has 5 nitrogen and oxygen atoms in total.